The molecule has 2 rings (SSSR count). The Morgan fingerprint density at radius 3 is 2.53 bits per heavy atom. The molecular weight excluding hydrogens is 258 g/mol. The van der Waals surface area contributed by atoms with Crippen molar-refractivity contribution in [3.63, 3.8) is 0 Å². The van der Waals surface area contributed by atoms with Crippen LogP contribution in [0.1, 0.15) is 24.1 Å². The molecule has 19 heavy (non-hydrogen) atoms. The number of hydrogen-bond acceptors (Lipinski definition) is 2. The molecule has 0 aliphatic rings. The van der Waals surface area contributed by atoms with Crippen LogP contribution in [0, 0.1) is 0 Å². The first kappa shape index (κ1) is 13.8. The minimum atomic E-state index is 0.269. The topological polar surface area (TPSA) is 30.0 Å². The highest BCUT2D eigenvalue weighted by atomic mass is 35.5. The molecule has 0 bridgehead atoms. The number of pyridine rings is 1. The lowest BCUT2D eigenvalue weighted by Crippen LogP contribution is -2.03. The fourth-order valence-corrected chi connectivity index (χ4v) is 2.09. The van der Waals surface area contributed by atoms with Crippen molar-refractivity contribution in [3.8, 4) is 0 Å². The largest absolute Gasteiger partial charge is 0.300 e. The van der Waals surface area contributed by atoms with Crippen molar-refractivity contribution in [3.05, 3.63) is 64.9 Å². The lowest BCUT2D eigenvalue weighted by Gasteiger charge is -2.02. The van der Waals surface area contributed by atoms with Crippen LogP contribution in [-0.2, 0) is 17.6 Å². The second-order valence-electron chi connectivity index (χ2n) is 4.49. The van der Waals surface area contributed by atoms with Gasteiger partial charge in [-0.15, -0.1) is 0 Å². The predicted molar refractivity (Wildman–Crippen MR) is 77.3 cm³/mol. The molecule has 1 aromatic carbocycles. The van der Waals surface area contributed by atoms with E-state index in [9.17, 15) is 4.79 Å². The lowest BCUT2D eigenvalue weighted by atomic mass is 10.0. The summed E-state index contributed by atoms with van der Waals surface area (Å²) in [4.78, 5) is 16.0. The highest BCUT2D eigenvalue weighted by molar-refractivity contribution is 6.30. The quantitative estimate of drug-likeness (QED) is 0.800. The van der Waals surface area contributed by atoms with Crippen molar-refractivity contribution in [2.24, 2.45) is 0 Å². The standard InChI is InChI=1S/C16H16ClNO/c17-14-10-11-18-15(12-14)7-9-16(19)8-6-13-4-2-1-3-5-13/h1-5,10-12H,6-9H2. The van der Waals surface area contributed by atoms with E-state index in [-0.39, 0.29) is 5.78 Å². The Morgan fingerprint density at radius 2 is 1.79 bits per heavy atom. The molecule has 0 aliphatic carbocycles. The Kier molecular flexibility index (Phi) is 5.10. The van der Waals surface area contributed by atoms with Gasteiger partial charge in [0.05, 0.1) is 0 Å². The van der Waals surface area contributed by atoms with Gasteiger partial charge in [-0.25, -0.2) is 0 Å². The highest BCUT2D eigenvalue weighted by Crippen LogP contribution is 2.11. The zero-order chi connectivity index (χ0) is 13.5. The van der Waals surface area contributed by atoms with E-state index in [1.54, 1.807) is 12.3 Å². The van der Waals surface area contributed by atoms with Crippen LogP contribution >= 0.6 is 11.6 Å². The summed E-state index contributed by atoms with van der Waals surface area (Å²) >= 11 is 5.88. The van der Waals surface area contributed by atoms with Gasteiger partial charge in [0, 0.05) is 29.8 Å². The molecular formula is C16H16ClNO. The fraction of sp³-hybridized carbons (Fsp3) is 0.250. The number of aryl methyl sites for hydroxylation is 2. The number of ketones is 1. The Labute approximate surface area is 118 Å². The second kappa shape index (κ2) is 7.05. The van der Waals surface area contributed by atoms with E-state index in [1.165, 1.54) is 5.56 Å². The van der Waals surface area contributed by atoms with Gasteiger partial charge < -0.3 is 0 Å². The third-order valence-corrected chi connectivity index (χ3v) is 3.21. The van der Waals surface area contributed by atoms with Crippen molar-refractivity contribution in [2.75, 3.05) is 0 Å². The number of benzene rings is 1. The summed E-state index contributed by atoms with van der Waals surface area (Å²) < 4.78 is 0. The van der Waals surface area contributed by atoms with Crippen molar-refractivity contribution in [1.29, 1.82) is 0 Å². The van der Waals surface area contributed by atoms with Gasteiger partial charge in [-0.3, -0.25) is 9.78 Å². The van der Waals surface area contributed by atoms with E-state index in [0.717, 1.165) is 12.1 Å². The summed E-state index contributed by atoms with van der Waals surface area (Å²) in [6, 6.07) is 13.6. The lowest BCUT2D eigenvalue weighted by molar-refractivity contribution is -0.119. The monoisotopic (exact) mass is 273 g/mol. The molecule has 98 valence electrons. The molecule has 0 saturated carbocycles. The number of carbonyl (C=O) groups is 1. The summed E-state index contributed by atoms with van der Waals surface area (Å²) in [5.41, 5.74) is 2.08. The summed E-state index contributed by atoms with van der Waals surface area (Å²) in [5, 5.41) is 0.668. The van der Waals surface area contributed by atoms with Gasteiger partial charge in [0.15, 0.2) is 0 Å². The minimum absolute atomic E-state index is 0.269. The second-order valence-corrected chi connectivity index (χ2v) is 4.93. The molecule has 2 nitrogen and oxygen atoms in total. The Bertz CT molecular complexity index is 539. The zero-order valence-electron chi connectivity index (χ0n) is 10.7. The normalized spacial score (nSPS) is 10.4. The summed E-state index contributed by atoms with van der Waals surface area (Å²) in [5.74, 6) is 0.269. The van der Waals surface area contributed by atoms with E-state index in [0.29, 0.717) is 24.3 Å². The van der Waals surface area contributed by atoms with Crippen LogP contribution in [0.5, 0.6) is 0 Å². The van der Waals surface area contributed by atoms with Crippen LogP contribution < -0.4 is 0 Å². The average Bonchev–Trinajstić information content (AvgIpc) is 2.44. The number of carbonyl (C=O) groups excluding carboxylic acids is 1. The molecule has 0 fully saturated rings. The van der Waals surface area contributed by atoms with Crippen LogP contribution in [0.4, 0.5) is 0 Å². The van der Waals surface area contributed by atoms with E-state index < -0.39 is 0 Å². The van der Waals surface area contributed by atoms with E-state index in [2.05, 4.69) is 4.98 Å². The van der Waals surface area contributed by atoms with Gasteiger partial charge in [0.2, 0.25) is 0 Å². The molecule has 0 N–H and O–H groups in total. The maximum absolute atomic E-state index is 11.8. The van der Waals surface area contributed by atoms with Gasteiger partial charge >= 0.3 is 0 Å². The highest BCUT2D eigenvalue weighted by Gasteiger charge is 2.04. The zero-order valence-corrected chi connectivity index (χ0v) is 11.4. The van der Waals surface area contributed by atoms with Gasteiger partial charge in [-0.1, -0.05) is 41.9 Å². The van der Waals surface area contributed by atoms with Crippen LogP contribution in [0.3, 0.4) is 0 Å². The number of halogens is 1. The summed E-state index contributed by atoms with van der Waals surface area (Å²) in [6.45, 7) is 0. The first-order valence-corrected chi connectivity index (χ1v) is 6.78. The molecule has 2 aromatic rings. The molecule has 0 spiro atoms. The third-order valence-electron chi connectivity index (χ3n) is 2.97. The molecule has 1 heterocycles. The number of aromatic nitrogens is 1. The number of Topliss-reactive ketones (excluding diaryl/α,β-unsaturated/α-hetero) is 1. The first-order valence-electron chi connectivity index (χ1n) is 6.40. The van der Waals surface area contributed by atoms with Crippen molar-refractivity contribution in [2.45, 2.75) is 25.7 Å². The molecule has 0 unspecified atom stereocenters. The molecule has 0 atom stereocenters. The Balaban J connectivity index is 1.76. The molecule has 0 aliphatic heterocycles. The average molecular weight is 274 g/mol. The van der Waals surface area contributed by atoms with Crippen LogP contribution in [0.25, 0.3) is 0 Å². The number of hydrogen-bond donors (Lipinski definition) is 0. The summed E-state index contributed by atoms with van der Waals surface area (Å²) in [6.07, 6.45) is 4.26. The van der Waals surface area contributed by atoms with Crippen molar-refractivity contribution >= 4 is 17.4 Å². The molecule has 0 radical (unpaired) electrons. The minimum Gasteiger partial charge on any atom is -0.300 e. The number of rotatable bonds is 6. The van der Waals surface area contributed by atoms with Gasteiger partial charge in [-0.2, -0.15) is 0 Å². The van der Waals surface area contributed by atoms with Crippen molar-refractivity contribution < 1.29 is 4.79 Å². The SMILES string of the molecule is O=C(CCc1ccccc1)CCc1cc(Cl)ccn1. The first-order chi connectivity index (χ1) is 9.24. The maximum atomic E-state index is 11.8. The molecule has 3 heteroatoms. The third kappa shape index (κ3) is 4.84. The van der Waals surface area contributed by atoms with E-state index >= 15 is 0 Å². The smallest absolute Gasteiger partial charge is 0.133 e. The van der Waals surface area contributed by atoms with Gasteiger partial charge in [0.1, 0.15) is 5.78 Å². The number of nitrogens with zero attached hydrogens (tertiary/aromatic N) is 1. The van der Waals surface area contributed by atoms with Gasteiger partial charge in [0.25, 0.3) is 0 Å². The maximum Gasteiger partial charge on any atom is 0.133 e. The van der Waals surface area contributed by atoms with Crippen molar-refractivity contribution in [1.82, 2.24) is 4.98 Å². The molecule has 1 aromatic heterocycles. The van der Waals surface area contributed by atoms with Gasteiger partial charge in [-0.05, 0) is 30.5 Å². The Morgan fingerprint density at radius 1 is 1.05 bits per heavy atom. The fourth-order valence-electron chi connectivity index (χ4n) is 1.91. The van der Waals surface area contributed by atoms with E-state index in [4.69, 9.17) is 11.6 Å². The Hall–Kier alpha value is -1.67. The van der Waals surface area contributed by atoms with Crippen LogP contribution in [-0.4, -0.2) is 10.8 Å². The van der Waals surface area contributed by atoms with Crippen LogP contribution in [0.2, 0.25) is 5.02 Å². The summed E-state index contributed by atoms with van der Waals surface area (Å²) in [7, 11) is 0. The molecule has 0 amide bonds. The molecule has 0 saturated heterocycles. The van der Waals surface area contributed by atoms with Crippen LogP contribution in [0.15, 0.2) is 48.7 Å². The van der Waals surface area contributed by atoms with E-state index in [1.807, 2.05) is 36.4 Å². The predicted octanol–water partition coefficient (Wildman–Crippen LogP) is 3.87.